The lowest BCUT2D eigenvalue weighted by Crippen LogP contribution is -2.31. The van der Waals surface area contributed by atoms with Gasteiger partial charge in [-0.15, -0.1) is 0 Å². The smallest absolute Gasteiger partial charge is 0.317 e. The molecule has 0 saturated heterocycles. The number of hydrogen-bond acceptors (Lipinski definition) is 4. The molecule has 0 heterocycles. The highest BCUT2D eigenvalue weighted by Gasteiger charge is 2.25. The fourth-order valence-corrected chi connectivity index (χ4v) is 2.37. The summed E-state index contributed by atoms with van der Waals surface area (Å²) in [5.74, 6) is -1.10. The van der Waals surface area contributed by atoms with Crippen LogP contribution in [0.25, 0.3) is 10.8 Å². The van der Waals surface area contributed by atoms with Crippen LogP contribution in [0.5, 0.6) is 0 Å². The van der Waals surface area contributed by atoms with Crippen molar-refractivity contribution in [3.63, 3.8) is 0 Å². The highest BCUT2D eigenvalue weighted by molar-refractivity contribution is 5.91. The Labute approximate surface area is 142 Å². The van der Waals surface area contributed by atoms with Crippen LogP contribution in [0.1, 0.15) is 45.6 Å². The monoisotopic (exact) mass is 328 g/mol. The second kappa shape index (κ2) is 7.95. The molecule has 2 aromatic carbocycles. The molecule has 0 fully saturated rings. The van der Waals surface area contributed by atoms with E-state index in [1.807, 2.05) is 63.2 Å². The number of esters is 2. The zero-order valence-electron chi connectivity index (χ0n) is 14.5. The molecule has 0 amide bonds. The van der Waals surface area contributed by atoms with E-state index >= 15 is 0 Å². The summed E-state index contributed by atoms with van der Waals surface area (Å²) in [7, 11) is 0. The molecule has 2 aromatic rings. The van der Waals surface area contributed by atoms with Gasteiger partial charge in [-0.05, 0) is 42.2 Å². The summed E-state index contributed by atoms with van der Waals surface area (Å²) < 4.78 is 10.6. The predicted octanol–water partition coefficient (Wildman–Crippen LogP) is 4.40. The van der Waals surface area contributed by atoms with Crippen LogP contribution >= 0.6 is 0 Å². The first kappa shape index (κ1) is 18.0. The molecule has 0 saturated carbocycles. The second-order valence-electron chi connectivity index (χ2n) is 6.15. The van der Waals surface area contributed by atoms with E-state index in [0.717, 1.165) is 16.3 Å². The minimum Gasteiger partial charge on any atom is -0.460 e. The van der Waals surface area contributed by atoms with Crippen LogP contribution in [0.2, 0.25) is 0 Å². The summed E-state index contributed by atoms with van der Waals surface area (Å²) in [6.07, 6.45) is 1.06. The van der Waals surface area contributed by atoms with Gasteiger partial charge < -0.3 is 9.47 Å². The lowest BCUT2D eigenvalue weighted by atomic mass is 10.0. The Morgan fingerprint density at radius 2 is 1.62 bits per heavy atom. The molecule has 0 atom stereocenters. The molecule has 0 bridgehead atoms. The van der Waals surface area contributed by atoms with E-state index in [1.165, 1.54) is 0 Å². The van der Waals surface area contributed by atoms with Gasteiger partial charge in [0.15, 0.2) is 0 Å². The van der Waals surface area contributed by atoms with Gasteiger partial charge in [0, 0.05) is 0 Å². The van der Waals surface area contributed by atoms with Crippen LogP contribution in [-0.4, -0.2) is 17.5 Å². The zero-order valence-corrected chi connectivity index (χ0v) is 14.5. The number of carbonyl (C=O) groups excluding carboxylic acids is 2. The van der Waals surface area contributed by atoms with Gasteiger partial charge in [0.25, 0.3) is 0 Å². The Bertz CT molecular complexity index is 716. The lowest BCUT2D eigenvalue weighted by molar-refractivity contribution is -0.165. The standard InChI is InChI=1S/C20H24O4/c1-4-20(3,5-2)24-19(22)13-18(21)23-14-15-10-11-16-8-6-7-9-17(16)12-15/h6-12H,4-5,13-14H2,1-3H3. The molecule has 0 radical (unpaired) electrons. The molecule has 4 heteroatoms. The van der Waals surface area contributed by atoms with E-state index in [-0.39, 0.29) is 13.0 Å². The molecule has 0 unspecified atom stereocenters. The van der Waals surface area contributed by atoms with E-state index in [1.54, 1.807) is 0 Å². The normalized spacial score (nSPS) is 11.3. The fourth-order valence-electron chi connectivity index (χ4n) is 2.37. The van der Waals surface area contributed by atoms with Gasteiger partial charge in [-0.2, -0.15) is 0 Å². The van der Waals surface area contributed by atoms with Crippen LogP contribution in [0.15, 0.2) is 42.5 Å². The third kappa shape index (κ3) is 4.82. The topological polar surface area (TPSA) is 52.6 Å². The zero-order chi connectivity index (χ0) is 17.6. The van der Waals surface area contributed by atoms with Crippen LogP contribution in [0.3, 0.4) is 0 Å². The van der Waals surface area contributed by atoms with Crippen molar-refractivity contribution in [2.75, 3.05) is 0 Å². The van der Waals surface area contributed by atoms with Gasteiger partial charge >= 0.3 is 11.9 Å². The third-order valence-corrected chi connectivity index (χ3v) is 4.36. The molecule has 0 aromatic heterocycles. The molecule has 128 valence electrons. The van der Waals surface area contributed by atoms with E-state index < -0.39 is 17.5 Å². The first-order valence-electron chi connectivity index (χ1n) is 8.31. The second-order valence-corrected chi connectivity index (χ2v) is 6.15. The van der Waals surface area contributed by atoms with E-state index in [9.17, 15) is 9.59 Å². The summed E-state index contributed by atoms with van der Waals surface area (Å²) in [5.41, 5.74) is 0.373. The predicted molar refractivity (Wildman–Crippen MR) is 93.4 cm³/mol. The molecule has 0 aliphatic rings. The molecule has 0 N–H and O–H groups in total. The molecular formula is C20H24O4. The number of carbonyl (C=O) groups is 2. The Balaban J connectivity index is 1.87. The van der Waals surface area contributed by atoms with Crippen molar-refractivity contribution in [3.05, 3.63) is 48.0 Å². The summed E-state index contributed by atoms with van der Waals surface area (Å²) in [6, 6.07) is 13.9. The van der Waals surface area contributed by atoms with Crippen LogP contribution < -0.4 is 0 Å². The minimum atomic E-state index is -0.567. The van der Waals surface area contributed by atoms with Gasteiger partial charge in [0.05, 0.1) is 0 Å². The van der Waals surface area contributed by atoms with Crippen molar-refractivity contribution < 1.29 is 19.1 Å². The van der Waals surface area contributed by atoms with Gasteiger partial charge in [-0.3, -0.25) is 9.59 Å². The number of fused-ring (bicyclic) bond motifs is 1. The van der Waals surface area contributed by atoms with Crippen molar-refractivity contribution in [3.8, 4) is 0 Å². The van der Waals surface area contributed by atoms with Crippen molar-refractivity contribution in [1.29, 1.82) is 0 Å². The molecule has 0 aliphatic carbocycles. The van der Waals surface area contributed by atoms with E-state index in [0.29, 0.717) is 12.8 Å². The lowest BCUT2D eigenvalue weighted by Gasteiger charge is -2.26. The van der Waals surface area contributed by atoms with Gasteiger partial charge in [0.2, 0.25) is 0 Å². The van der Waals surface area contributed by atoms with Crippen LogP contribution in [0, 0.1) is 0 Å². The Hall–Kier alpha value is -2.36. The maximum atomic E-state index is 11.8. The molecule has 24 heavy (non-hydrogen) atoms. The molecular weight excluding hydrogens is 304 g/mol. The summed E-state index contributed by atoms with van der Waals surface area (Å²) in [5, 5.41) is 2.22. The van der Waals surface area contributed by atoms with Crippen molar-refractivity contribution in [1.82, 2.24) is 0 Å². The largest absolute Gasteiger partial charge is 0.460 e. The number of rotatable bonds is 7. The third-order valence-electron chi connectivity index (χ3n) is 4.36. The Kier molecular flexibility index (Phi) is 5.96. The summed E-state index contributed by atoms with van der Waals surface area (Å²) in [4.78, 5) is 23.7. The minimum absolute atomic E-state index is 0.149. The highest BCUT2D eigenvalue weighted by atomic mass is 16.6. The molecule has 2 rings (SSSR count). The average Bonchev–Trinajstić information content (AvgIpc) is 2.59. The fraction of sp³-hybridized carbons (Fsp3) is 0.400. The maximum Gasteiger partial charge on any atom is 0.317 e. The van der Waals surface area contributed by atoms with Gasteiger partial charge in [-0.25, -0.2) is 0 Å². The first-order valence-corrected chi connectivity index (χ1v) is 8.31. The SMILES string of the molecule is CCC(C)(CC)OC(=O)CC(=O)OCc1ccc2ccccc2c1. The molecule has 0 aliphatic heterocycles. The maximum absolute atomic E-state index is 11.8. The van der Waals surface area contributed by atoms with Crippen molar-refractivity contribution >= 4 is 22.7 Å². The van der Waals surface area contributed by atoms with Crippen LogP contribution in [0.4, 0.5) is 0 Å². The number of ether oxygens (including phenoxy) is 2. The molecule has 4 nitrogen and oxygen atoms in total. The number of hydrogen-bond donors (Lipinski definition) is 0. The Morgan fingerprint density at radius 3 is 2.29 bits per heavy atom. The van der Waals surface area contributed by atoms with E-state index in [4.69, 9.17) is 9.47 Å². The Morgan fingerprint density at radius 1 is 0.958 bits per heavy atom. The summed E-state index contributed by atoms with van der Waals surface area (Å²) >= 11 is 0. The average molecular weight is 328 g/mol. The van der Waals surface area contributed by atoms with Crippen LogP contribution in [-0.2, 0) is 25.7 Å². The first-order chi connectivity index (χ1) is 11.5. The van der Waals surface area contributed by atoms with Gasteiger partial charge in [0.1, 0.15) is 18.6 Å². The van der Waals surface area contributed by atoms with Gasteiger partial charge in [-0.1, -0.05) is 50.2 Å². The van der Waals surface area contributed by atoms with Crippen molar-refractivity contribution in [2.45, 2.75) is 52.2 Å². The quantitative estimate of drug-likeness (QED) is 0.558. The molecule has 0 spiro atoms. The highest BCUT2D eigenvalue weighted by Crippen LogP contribution is 2.20. The number of benzene rings is 2. The van der Waals surface area contributed by atoms with E-state index in [2.05, 4.69) is 0 Å². The van der Waals surface area contributed by atoms with Crippen molar-refractivity contribution in [2.24, 2.45) is 0 Å². The summed E-state index contributed by atoms with van der Waals surface area (Å²) in [6.45, 7) is 5.92.